The van der Waals surface area contributed by atoms with E-state index in [1.54, 1.807) is 0 Å². The van der Waals surface area contributed by atoms with Gasteiger partial charge in [-0.1, -0.05) is 18.2 Å². The van der Waals surface area contributed by atoms with Gasteiger partial charge in [0.15, 0.2) is 0 Å². The van der Waals surface area contributed by atoms with Crippen molar-refractivity contribution in [3.05, 3.63) is 42.5 Å². The van der Waals surface area contributed by atoms with E-state index in [2.05, 4.69) is 44.8 Å². The minimum Gasteiger partial charge on any atom is -0.491 e. The van der Waals surface area contributed by atoms with Crippen molar-refractivity contribution in [2.45, 2.75) is 39.3 Å². The van der Waals surface area contributed by atoms with Crippen molar-refractivity contribution in [1.82, 2.24) is 5.32 Å². The third-order valence-corrected chi connectivity index (χ3v) is 2.68. The van der Waals surface area contributed by atoms with Gasteiger partial charge in [-0.25, -0.2) is 0 Å². The molecule has 0 amide bonds. The molecule has 0 bridgehead atoms. The van der Waals surface area contributed by atoms with E-state index in [1.807, 2.05) is 18.2 Å². The number of hydrogen-bond donors (Lipinski definition) is 1. The summed E-state index contributed by atoms with van der Waals surface area (Å²) in [6.07, 6.45) is 2.74. The standard InChI is InChI=1S/C17H27NO2/c1-5-6-10-19-11-12-20-16-9-7-8-15(13-16)14-18-17(2,3)4/h5,7-9,13,18H,1,6,10-12,14H2,2-4H3. The second kappa shape index (κ2) is 8.77. The number of hydrogen-bond acceptors (Lipinski definition) is 3. The molecule has 1 N–H and O–H groups in total. The maximum absolute atomic E-state index is 5.68. The molecule has 112 valence electrons. The minimum absolute atomic E-state index is 0.121. The highest BCUT2D eigenvalue weighted by Crippen LogP contribution is 2.14. The van der Waals surface area contributed by atoms with Gasteiger partial charge in [-0.05, 0) is 44.9 Å². The molecule has 0 aliphatic rings. The van der Waals surface area contributed by atoms with Crippen molar-refractivity contribution in [1.29, 1.82) is 0 Å². The maximum atomic E-state index is 5.68. The number of ether oxygens (including phenoxy) is 2. The van der Waals surface area contributed by atoms with E-state index in [0.717, 1.165) is 18.7 Å². The molecule has 0 saturated carbocycles. The predicted molar refractivity (Wildman–Crippen MR) is 84.2 cm³/mol. The first kappa shape index (κ1) is 16.7. The van der Waals surface area contributed by atoms with Gasteiger partial charge in [0.05, 0.1) is 13.2 Å². The summed E-state index contributed by atoms with van der Waals surface area (Å²) < 4.78 is 11.1. The summed E-state index contributed by atoms with van der Waals surface area (Å²) in [5.41, 5.74) is 1.35. The Morgan fingerprint density at radius 3 is 2.70 bits per heavy atom. The third-order valence-electron chi connectivity index (χ3n) is 2.68. The monoisotopic (exact) mass is 277 g/mol. The molecule has 0 aliphatic carbocycles. The summed E-state index contributed by atoms with van der Waals surface area (Å²) in [7, 11) is 0. The van der Waals surface area contributed by atoms with Crippen LogP contribution in [0.5, 0.6) is 5.75 Å². The first-order valence-corrected chi connectivity index (χ1v) is 7.17. The average Bonchev–Trinajstić information content (AvgIpc) is 2.40. The molecule has 20 heavy (non-hydrogen) atoms. The van der Waals surface area contributed by atoms with Crippen LogP contribution < -0.4 is 10.1 Å². The second-order valence-corrected chi connectivity index (χ2v) is 5.79. The van der Waals surface area contributed by atoms with Crippen LogP contribution in [0.2, 0.25) is 0 Å². The van der Waals surface area contributed by atoms with E-state index >= 15 is 0 Å². The topological polar surface area (TPSA) is 30.5 Å². The summed E-state index contributed by atoms with van der Waals surface area (Å²) in [5, 5.41) is 3.47. The second-order valence-electron chi connectivity index (χ2n) is 5.79. The van der Waals surface area contributed by atoms with Gasteiger partial charge < -0.3 is 14.8 Å². The lowest BCUT2D eigenvalue weighted by molar-refractivity contribution is 0.103. The molecule has 0 atom stereocenters. The maximum Gasteiger partial charge on any atom is 0.119 e. The summed E-state index contributed by atoms with van der Waals surface area (Å²) in [6.45, 7) is 12.9. The van der Waals surface area contributed by atoms with Gasteiger partial charge in [-0.2, -0.15) is 0 Å². The fraction of sp³-hybridized carbons (Fsp3) is 0.529. The molecule has 0 saturated heterocycles. The Morgan fingerprint density at radius 1 is 1.20 bits per heavy atom. The molecular formula is C17H27NO2. The fourth-order valence-corrected chi connectivity index (χ4v) is 1.60. The van der Waals surface area contributed by atoms with E-state index in [0.29, 0.717) is 19.8 Å². The normalized spacial score (nSPS) is 11.3. The molecule has 1 aromatic carbocycles. The Morgan fingerprint density at radius 2 is 2.00 bits per heavy atom. The fourth-order valence-electron chi connectivity index (χ4n) is 1.60. The van der Waals surface area contributed by atoms with E-state index in [4.69, 9.17) is 9.47 Å². The van der Waals surface area contributed by atoms with Crippen molar-refractivity contribution in [3.8, 4) is 5.75 Å². The van der Waals surface area contributed by atoms with Crippen LogP contribution in [0, 0.1) is 0 Å². The summed E-state index contributed by atoms with van der Waals surface area (Å²) in [6, 6.07) is 8.17. The lowest BCUT2D eigenvalue weighted by Gasteiger charge is -2.20. The molecule has 0 aliphatic heterocycles. The predicted octanol–water partition coefficient (Wildman–Crippen LogP) is 3.55. The van der Waals surface area contributed by atoms with Crippen LogP contribution >= 0.6 is 0 Å². The van der Waals surface area contributed by atoms with E-state index in [-0.39, 0.29) is 5.54 Å². The van der Waals surface area contributed by atoms with Crippen LogP contribution in [0.1, 0.15) is 32.8 Å². The molecule has 0 spiro atoms. The van der Waals surface area contributed by atoms with Crippen molar-refractivity contribution in [2.24, 2.45) is 0 Å². The Balaban J connectivity index is 2.30. The summed E-state index contributed by atoms with van der Waals surface area (Å²) >= 11 is 0. The zero-order valence-electron chi connectivity index (χ0n) is 12.9. The third kappa shape index (κ3) is 7.97. The Kier molecular flexibility index (Phi) is 7.34. The smallest absolute Gasteiger partial charge is 0.119 e. The number of benzene rings is 1. The molecule has 0 aromatic heterocycles. The first-order chi connectivity index (χ1) is 9.51. The van der Waals surface area contributed by atoms with Gasteiger partial charge in [-0.15, -0.1) is 6.58 Å². The minimum atomic E-state index is 0.121. The average molecular weight is 277 g/mol. The van der Waals surface area contributed by atoms with Gasteiger partial charge in [0.1, 0.15) is 12.4 Å². The van der Waals surface area contributed by atoms with Gasteiger partial charge in [-0.3, -0.25) is 0 Å². The molecule has 0 fully saturated rings. The van der Waals surface area contributed by atoms with Crippen LogP contribution in [0.4, 0.5) is 0 Å². The summed E-state index contributed by atoms with van der Waals surface area (Å²) in [4.78, 5) is 0. The van der Waals surface area contributed by atoms with E-state index in [9.17, 15) is 0 Å². The highest BCUT2D eigenvalue weighted by Gasteiger charge is 2.08. The quantitative estimate of drug-likeness (QED) is 0.553. The first-order valence-electron chi connectivity index (χ1n) is 7.17. The number of nitrogens with one attached hydrogen (secondary N) is 1. The largest absolute Gasteiger partial charge is 0.491 e. The Hall–Kier alpha value is -1.32. The highest BCUT2D eigenvalue weighted by atomic mass is 16.5. The lowest BCUT2D eigenvalue weighted by Crippen LogP contribution is -2.35. The molecule has 3 heteroatoms. The van der Waals surface area contributed by atoms with Crippen molar-refractivity contribution in [2.75, 3.05) is 19.8 Å². The van der Waals surface area contributed by atoms with E-state index < -0.39 is 0 Å². The number of rotatable bonds is 9. The van der Waals surface area contributed by atoms with Crippen LogP contribution in [0.15, 0.2) is 36.9 Å². The van der Waals surface area contributed by atoms with Gasteiger partial charge >= 0.3 is 0 Å². The summed E-state index contributed by atoms with van der Waals surface area (Å²) in [5.74, 6) is 0.894. The van der Waals surface area contributed by atoms with Crippen molar-refractivity contribution >= 4 is 0 Å². The van der Waals surface area contributed by atoms with Crippen LogP contribution in [0.3, 0.4) is 0 Å². The SMILES string of the molecule is C=CCCOCCOc1cccc(CNC(C)(C)C)c1. The van der Waals surface area contributed by atoms with Crippen molar-refractivity contribution in [3.63, 3.8) is 0 Å². The molecule has 3 nitrogen and oxygen atoms in total. The van der Waals surface area contributed by atoms with Crippen LogP contribution in [0.25, 0.3) is 0 Å². The van der Waals surface area contributed by atoms with Gasteiger partial charge in [0, 0.05) is 12.1 Å². The molecule has 0 radical (unpaired) electrons. The molecule has 0 heterocycles. The Labute approximate surface area is 123 Å². The lowest BCUT2D eigenvalue weighted by atomic mass is 10.1. The van der Waals surface area contributed by atoms with Gasteiger partial charge in [0.25, 0.3) is 0 Å². The van der Waals surface area contributed by atoms with E-state index in [1.165, 1.54) is 5.56 Å². The molecule has 0 unspecified atom stereocenters. The molecule has 1 aromatic rings. The van der Waals surface area contributed by atoms with Crippen LogP contribution in [-0.2, 0) is 11.3 Å². The molecular weight excluding hydrogens is 250 g/mol. The zero-order valence-corrected chi connectivity index (χ0v) is 12.9. The zero-order chi connectivity index (χ0) is 14.8. The van der Waals surface area contributed by atoms with Crippen LogP contribution in [-0.4, -0.2) is 25.4 Å². The van der Waals surface area contributed by atoms with Crippen molar-refractivity contribution < 1.29 is 9.47 Å². The highest BCUT2D eigenvalue weighted by molar-refractivity contribution is 5.28. The molecule has 1 rings (SSSR count). The Bertz CT molecular complexity index is 396. The van der Waals surface area contributed by atoms with Gasteiger partial charge in [0.2, 0.25) is 0 Å².